The number of esters is 1. The Labute approximate surface area is 144 Å². The van der Waals surface area contributed by atoms with Gasteiger partial charge in [-0.2, -0.15) is 0 Å². The van der Waals surface area contributed by atoms with E-state index in [4.69, 9.17) is 18.9 Å². The molecule has 0 N–H and O–H groups in total. The van der Waals surface area contributed by atoms with Gasteiger partial charge in [0.1, 0.15) is 23.0 Å². The number of hydrogen-bond donors (Lipinski definition) is 0. The van der Waals surface area contributed by atoms with Crippen molar-refractivity contribution in [2.45, 2.75) is 6.92 Å². The molecule has 2 aromatic carbocycles. The maximum atomic E-state index is 12.5. The monoisotopic (exact) mass is 340 g/mol. The highest BCUT2D eigenvalue weighted by molar-refractivity contribution is 6.14. The number of ether oxygens (including phenoxy) is 4. The molecule has 25 heavy (non-hydrogen) atoms. The largest absolute Gasteiger partial charge is 0.497 e. The van der Waals surface area contributed by atoms with Crippen LogP contribution in [-0.2, 0) is 4.79 Å². The van der Waals surface area contributed by atoms with Gasteiger partial charge in [-0.25, -0.2) is 0 Å². The van der Waals surface area contributed by atoms with E-state index in [1.54, 1.807) is 50.6 Å². The summed E-state index contributed by atoms with van der Waals surface area (Å²) in [6, 6.07) is 9.89. The van der Waals surface area contributed by atoms with Crippen molar-refractivity contribution in [3.05, 3.63) is 53.3 Å². The van der Waals surface area contributed by atoms with Crippen LogP contribution in [0.15, 0.2) is 42.2 Å². The van der Waals surface area contributed by atoms with E-state index in [-0.39, 0.29) is 11.5 Å². The maximum absolute atomic E-state index is 12.5. The second-order valence-electron chi connectivity index (χ2n) is 5.30. The van der Waals surface area contributed by atoms with Crippen LogP contribution < -0.4 is 18.9 Å². The Balaban J connectivity index is 1.96. The number of hydrogen-bond acceptors (Lipinski definition) is 6. The summed E-state index contributed by atoms with van der Waals surface area (Å²) in [5.74, 6) is 1.34. The second-order valence-corrected chi connectivity index (χ2v) is 5.30. The van der Waals surface area contributed by atoms with Gasteiger partial charge in [-0.05, 0) is 36.4 Å². The molecule has 0 aliphatic carbocycles. The van der Waals surface area contributed by atoms with Crippen LogP contribution in [0.2, 0.25) is 0 Å². The van der Waals surface area contributed by atoms with Gasteiger partial charge < -0.3 is 18.9 Å². The van der Waals surface area contributed by atoms with Crippen LogP contribution in [0.4, 0.5) is 0 Å². The lowest BCUT2D eigenvalue weighted by atomic mass is 10.1. The van der Waals surface area contributed by atoms with E-state index in [0.717, 1.165) is 0 Å². The van der Waals surface area contributed by atoms with Gasteiger partial charge in [0.25, 0.3) is 0 Å². The number of fused-ring (bicyclic) bond motifs is 1. The first-order valence-electron chi connectivity index (χ1n) is 7.50. The first-order chi connectivity index (χ1) is 12.0. The Bertz CT molecular complexity index is 881. The normalized spacial score (nSPS) is 14.0. The zero-order chi connectivity index (χ0) is 18.0. The zero-order valence-corrected chi connectivity index (χ0v) is 14.0. The molecule has 0 radical (unpaired) electrons. The third-order valence-electron chi connectivity index (χ3n) is 3.63. The van der Waals surface area contributed by atoms with E-state index in [1.807, 2.05) is 0 Å². The minimum Gasteiger partial charge on any atom is -0.497 e. The molecule has 1 heterocycles. The van der Waals surface area contributed by atoms with E-state index < -0.39 is 5.97 Å². The quantitative estimate of drug-likeness (QED) is 0.483. The van der Waals surface area contributed by atoms with Crippen molar-refractivity contribution in [1.29, 1.82) is 0 Å². The zero-order valence-electron chi connectivity index (χ0n) is 14.0. The molecule has 1 aliphatic heterocycles. The van der Waals surface area contributed by atoms with Crippen LogP contribution >= 0.6 is 0 Å². The van der Waals surface area contributed by atoms with Crippen LogP contribution in [0.1, 0.15) is 22.8 Å². The van der Waals surface area contributed by atoms with Gasteiger partial charge in [-0.15, -0.1) is 0 Å². The highest BCUT2D eigenvalue weighted by Crippen LogP contribution is 2.36. The number of rotatable bonds is 4. The van der Waals surface area contributed by atoms with Crippen molar-refractivity contribution in [2.75, 3.05) is 14.2 Å². The molecule has 6 nitrogen and oxygen atoms in total. The van der Waals surface area contributed by atoms with Crippen LogP contribution in [0, 0.1) is 0 Å². The molecule has 0 aromatic heterocycles. The average Bonchev–Trinajstić information content (AvgIpc) is 2.89. The molecule has 3 rings (SSSR count). The third kappa shape index (κ3) is 3.33. The Morgan fingerprint density at radius 1 is 1.04 bits per heavy atom. The number of allylic oxidation sites excluding steroid dienone is 1. The third-order valence-corrected chi connectivity index (χ3v) is 3.63. The van der Waals surface area contributed by atoms with Crippen molar-refractivity contribution in [3.8, 4) is 23.0 Å². The molecule has 0 unspecified atom stereocenters. The predicted octanol–water partition coefficient (Wildman–Crippen LogP) is 3.25. The Hall–Kier alpha value is -3.28. The minimum atomic E-state index is -0.443. The van der Waals surface area contributed by atoms with E-state index >= 15 is 0 Å². The number of ketones is 1. The van der Waals surface area contributed by atoms with E-state index in [9.17, 15) is 9.59 Å². The lowest BCUT2D eigenvalue weighted by Crippen LogP contribution is -2.01. The van der Waals surface area contributed by atoms with Crippen molar-refractivity contribution < 1.29 is 28.5 Å². The molecule has 0 atom stereocenters. The van der Waals surface area contributed by atoms with Gasteiger partial charge in [0.15, 0.2) is 5.76 Å². The molecule has 0 spiro atoms. The molecule has 128 valence electrons. The van der Waals surface area contributed by atoms with Crippen LogP contribution in [-0.4, -0.2) is 26.0 Å². The van der Waals surface area contributed by atoms with Crippen LogP contribution in [0.25, 0.3) is 6.08 Å². The van der Waals surface area contributed by atoms with Crippen LogP contribution in [0.5, 0.6) is 23.0 Å². The average molecular weight is 340 g/mol. The molecule has 0 bridgehead atoms. The summed E-state index contributed by atoms with van der Waals surface area (Å²) in [5.41, 5.74) is 1.06. The molecular formula is C19H16O6. The SMILES string of the molecule is COc1ccc(OC)c(C=C2Oc3cc(OC(C)=O)ccc3C2=O)c1. The van der Waals surface area contributed by atoms with Crippen molar-refractivity contribution in [3.63, 3.8) is 0 Å². The topological polar surface area (TPSA) is 71.1 Å². The molecule has 0 saturated heterocycles. The number of carbonyl (C=O) groups excluding carboxylic acids is 2. The number of Topliss-reactive ketones (excluding diaryl/α,β-unsaturated/α-hetero) is 1. The highest BCUT2D eigenvalue weighted by Gasteiger charge is 2.28. The maximum Gasteiger partial charge on any atom is 0.308 e. The molecule has 0 amide bonds. The second kappa shape index (κ2) is 6.68. The van der Waals surface area contributed by atoms with Gasteiger partial charge in [-0.3, -0.25) is 9.59 Å². The first-order valence-corrected chi connectivity index (χ1v) is 7.50. The molecule has 0 fully saturated rings. The number of carbonyl (C=O) groups is 2. The van der Waals surface area contributed by atoms with E-state index in [0.29, 0.717) is 34.1 Å². The molecule has 2 aromatic rings. The van der Waals surface area contributed by atoms with Crippen molar-refractivity contribution in [1.82, 2.24) is 0 Å². The lowest BCUT2D eigenvalue weighted by Gasteiger charge is -2.08. The highest BCUT2D eigenvalue weighted by atomic mass is 16.5. The Morgan fingerprint density at radius 2 is 1.80 bits per heavy atom. The summed E-state index contributed by atoms with van der Waals surface area (Å²) in [5, 5.41) is 0. The van der Waals surface area contributed by atoms with Gasteiger partial charge in [0.2, 0.25) is 5.78 Å². The minimum absolute atomic E-state index is 0.154. The number of methoxy groups -OCH3 is 2. The van der Waals surface area contributed by atoms with Crippen molar-refractivity contribution in [2.24, 2.45) is 0 Å². The van der Waals surface area contributed by atoms with Crippen LogP contribution in [0.3, 0.4) is 0 Å². The van der Waals surface area contributed by atoms with Crippen molar-refractivity contribution >= 4 is 17.8 Å². The van der Waals surface area contributed by atoms with Gasteiger partial charge in [-0.1, -0.05) is 0 Å². The summed E-state index contributed by atoms with van der Waals surface area (Å²) < 4.78 is 21.2. The molecular weight excluding hydrogens is 324 g/mol. The molecule has 6 heteroatoms. The first kappa shape index (κ1) is 16.6. The van der Waals surface area contributed by atoms with E-state index in [1.165, 1.54) is 13.0 Å². The van der Waals surface area contributed by atoms with Gasteiger partial charge >= 0.3 is 5.97 Å². The Morgan fingerprint density at radius 3 is 2.48 bits per heavy atom. The summed E-state index contributed by atoms with van der Waals surface area (Å²) in [7, 11) is 3.10. The Kier molecular flexibility index (Phi) is 4.43. The smallest absolute Gasteiger partial charge is 0.308 e. The van der Waals surface area contributed by atoms with Gasteiger partial charge in [0, 0.05) is 18.6 Å². The summed E-state index contributed by atoms with van der Waals surface area (Å²) >= 11 is 0. The fraction of sp³-hybridized carbons (Fsp3) is 0.158. The fourth-order valence-electron chi connectivity index (χ4n) is 2.49. The summed E-state index contributed by atoms with van der Waals surface area (Å²) in [6.07, 6.45) is 1.59. The van der Waals surface area contributed by atoms with E-state index in [2.05, 4.69) is 0 Å². The molecule has 1 aliphatic rings. The summed E-state index contributed by atoms with van der Waals surface area (Å²) in [4.78, 5) is 23.6. The fourth-order valence-corrected chi connectivity index (χ4v) is 2.49. The lowest BCUT2D eigenvalue weighted by molar-refractivity contribution is -0.131. The predicted molar refractivity (Wildman–Crippen MR) is 90.2 cm³/mol. The molecule has 0 saturated carbocycles. The van der Waals surface area contributed by atoms with Gasteiger partial charge in [0.05, 0.1) is 19.8 Å². The summed E-state index contributed by atoms with van der Waals surface area (Å²) in [6.45, 7) is 1.31. The standard InChI is InChI=1S/C19H16O6/c1-11(20)24-14-4-6-15-17(10-14)25-18(19(15)21)9-12-8-13(22-2)5-7-16(12)23-3/h4-10H,1-3H3. The number of benzene rings is 2.